The lowest BCUT2D eigenvalue weighted by Crippen LogP contribution is -2.30. The molecule has 3 N–H and O–H groups in total. The van der Waals surface area contributed by atoms with Crippen molar-refractivity contribution in [1.29, 1.82) is 0 Å². The summed E-state index contributed by atoms with van der Waals surface area (Å²) in [5, 5.41) is 17.2. The van der Waals surface area contributed by atoms with Crippen LogP contribution in [0.4, 0.5) is 17.1 Å². The summed E-state index contributed by atoms with van der Waals surface area (Å²) in [7, 11) is -3.86. The highest BCUT2D eigenvalue weighted by Crippen LogP contribution is 2.31. The molecule has 0 saturated heterocycles. The van der Waals surface area contributed by atoms with Gasteiger partial charge in [-0.1, -0.05) is 12.5 Å². The van der Waals surface area contributed by atoms with E-state index in [0.29, 0.717) is 24.5 Å². The van der Waals surface area contributed by atoms with Crippen molar-refractivity contribution in [1.82, 2.24) is 4.72 Å². The van der Waals surface area contributed by atoms with Gasteiger partial charge in [-0.05, 0) is 56.0 Å². The van der Waals surface area contributed by atoms with Gasteiger partial charge in [0.15, 0.2) is 0 Å². The number of carbonyl (C=O) groups is 1. The molecule has 1 fully saturated rings. The minimum atomic E-state index is -3.86. The molecule has 1 saturated carbocycles. The van der Waals surface area contributed by atoms with Gasteiger partial charge in [0, 0.05) is 36.3 Å². The number of nitro groups is 1. The van der Waals surface area contributed by atoms with Crippen LogP contribution in [0.2, 0.25) is 0 Å². The van der Waals surface area contributed by atoms with E-state index in [4.69, 9.17) is 0 Å². The van der Waals surface area contributed by atoms with Crippen molar-refractivity contribution in [2.24, 2.45) is 4.99 Å². The molecule has 2 aromatic rings. The van der Waals surface area contributed by atoms with Crippen molar-refractivity contribution < 1.29 is 18.1 Å². The Hall–Kier alpha value is -3.47. The first-order valence-electron chi connectivity index (χ1n) is 10.8. The fourth-order valence-corrected chi connectivity index (χ4v) is 4.64. The number of nitro benzene ring substituents is 1. The Morgan fingerprint density at radius 3 is 2.67 bits per heavy atom. The Kier molecular flexibility index (Phi) is 6.59. The number of aliphatic imine (C=N–C) groups is 1. The second kappa shape index (κ2) is 9.57. The Labute approximate surface area is 191 Å². The second-order valence-corrected chi connectivity index (χ2v) is 9.82. The van der Waals surface area contributed by atoms with Crippen LogP contribution in [-0.2, 0) is 10.0 Å². The van der Waals surface area contributed by atoms with Gasteiger partial charge in [0.25, 0.3) is 21.6 Å². The zero-order valence-corrected chi connectivity index (χ0v) is 18.7. The third-order valence-electron chi connectivity index (χ3n) is 5.42. The SMILES string of the molecule is O=C(Nc1cccc(S(=O)(=O)NC2=NCCCCC2)c1)c1ccc(NC2CC2)c([N+](=O)[O-])c1. The van der Waals surface area contributed by atoms with Crippen molar-refractivity contribution in [2.45, 2.75) is 49.5 Å². The number of sulfonamides is 1. The van der Waals surface area contributed by atoms with E-state index in [1.165, 1.54) is 36.4 Å². The highest BCUT2D eigenvalue weighted by molar-refractivity contribution is 7.90. The lowest BCUT2D eigenvalue weighted by atomic mass is 10.1. The minimum Gasteiger partial charge on any atom is -0.377 e. The van der Waals surface area contributed by atoms with Gasteiger partial charge in [0.05, 0.1) is 9.82 Å². The molecule has 0 bridgehead atoms. The molecule has 1 aliphatic carbocycles. The maximum atomic E-state index is 12.8. The number of amides is 1. The van der Waals surface area contributed by atoms with Gasteiger partial charge >= 0.3 is 0 Å². The number of rotatable bonds is 7. The first kappa shape index (κ1) is 22.7. The van der Waals surface area contributed by atoms with Crippen molar-refractivity contribution in [3.05, 3.63) is 58.1 Å². The summed E-state index contributed by atoms with van der Waals surface area (Å²) in [5.74, 6) is -0.138. The minimum absolute atomic E-state index is 0.0118. The van der Waals surface area contributed by atoms with Gasteiger partial charge in [0.2, 0.25) is 0 Å². The van der Waals surface area contributed by atoms with Crippen LogP contribution in [0.15, 0.2) is 52.4 Å². The van der Waals surface area contributed by atoms with Crippen LogP contribution in [-0.4, -0.2) is 37.7 Å². The molecule has 2 aliphatic rings. The fourth-order valence-electron chi connectivity index (χ4n) is 3.51. The van der Waals surface area contributed by atoms with Gasteiger partial charge in [0.1, 0.15) is 11.5 Å². The second-order valence-electron chi connectivity index (χ2n) is 8.13. The maximum Gasteiger partial charge on any atom is 0.293 e. The van der Waals surface area contributed by atoms with Gasteiger partial charge in [-0.2, -0.15) is 0 Å². The van der Waals surface area contributed by atoms with Gasteiger partial charge in [-0.25, -0.2) is 8.42 Å². The predicted molar refractivity (Wildman–Crippen MR) is 125 cm³/mol. The Balaban J connectivity index is 1.49. The van der Waals surface area contributed by atoms with E-state index in [-0.39, 0.29) is 27.9 Å². The smallest absolute Gasteiger partial charge is 0.293 e. The van der Waals surface area contributed by atoms with E-state index in [0.717, 1.165) is 32.1 Å². The van der Waals surface area contributed by atoms with Crippen LogP contribution in [0, 0.1) is 10.1 Å². The Bertz CT molecular complexity index is 1210. The molecular weight excluding hydrogens is 446 g/mol. The molecule has 1 aliphatic heterocycles. The van der Waals surface area contributed by atoms with Gasteiger partial charge in [-0.3, -0.25) is 24.6 Å². The largest absolute Gasteiger partial charge is 0.377 e. The van der Waals surface area contributed by atoms with Crippen LogP contribution in [0.5, 0.6) is 0 Å². The van der Waals surface area contributed by atoms with Crippen molar-refractivity contribution in [3.63, 3.8) is 0 Å². The third kappa shape index (κ3) is 5.86. The molecule has 0 aromatic heterocycles. The fraction of sp³-hybridized carbons (Fsp3) is 0.364. The van der Waals surface area contributed by atoms with E-state index in [9.17, 15) is 23.3 Å². The molecule has 11 heteroatoms. The van der Waals surface area contributed by atoms with Crippen LogP contribution < -0.4 is 15.4 Å². The number of amidine groups is 1. The third-order valence-corrected chi connectivity index (χ3v) is 6.80. The van der Waals surface area contributed by atoms with Crippen LogP contribution in [0.3, 0.4) is 0 Å². The van der Waals surface area contributed by atoms with Crippen molar-refractivity contribution >= 4 is 38.8 Å². The highest BCUT2D eigenvalue weighted by atomic mass is 32.2. The highest BCUT2D eigenvalue weighted by Gasteiger charge is 2.26. The van der Waals surface area contributed by atoms with Crippen LogP contribution in [0.25, 0.3) is 0 Å². The van der Waals surface area contributed by atoms with E-state index < -0.39 is 20.9 Å². The molecule has 2 aromatic carbocycles. The quantitative estimate of drug-likeness (QED) is 0.415. The molecule has 33 heavy (non-hydrogen) atoms. The lowest BCUT2D eigenvalue weighted by Gasteiger charge is -2.12. The molecule has 0 atom stereocenters. The first-order valence-corrected chi connectivity index (χ1v) is 12.3. The zero-order chi connectivity index (χ0) is 23.4. The normalized spacial score (nSPS) is 16.3. The molecule has 1 amide bonds. The Morgan fingerprint density at radius 2 is 1.91 bits per heavy atom. The van der Waals surface area contributed by atoms with Gasteiger partial charge < -0.3 is 10.6 Å². The van der Waals surface area contributed by atoms with E-state index in [1.807, 2.05) is 0 Å². The van der Waals surface area contributed by atoms with Crippen molar-refractivity contribution in [3.8, 4) is 0 Å². The number of nitrogens with one attached hydrogen (secondary N) is 3. The van der Waals surface area contributed by atoms with Crippen LogP contribution >= 0.6 is 0 Å². The molecular formula is C22H25N5O5S. The number of hydrogen-bond donors (Lipinski definition) is 3. The molecule has 1 heterocycles. The van der Waals surface area contributed by atoms with E-state index in [1.54, 1.807) is 6.07 Å². The summed E-state index contributed by atoms with van der Waals surface area (Å²) < 4.78 is 28.1. The zero-order valence-electron chi connectivity index (χ0n) is 17.9. The Morgan fingerprint density at radius 1 is 1.09 bits per heavy atom. The standard InChI is InChI=1S/C22H25N5O5S/c28-22(15-8-11-19(24-16-9-10-16)20(13-15)27(29)30)25-17-5-4-6-18(14-17)33(31,32)26-21-7-2-1-3-12-23-21/h4-6,8,11,13-14,16,24H,1-3,7,9-10,12H2,(H,23,26)(H,25,28). The van der Waals surface area contributed by atoms with Crippen LogP contribution in [0.1, 0.15) is 48.9 Å². The number of anilines is 2. The van der Waals surface area contributed by atoms with Crippen molar-refractivity contribution in [2.75, 3.05) is 17.2 Å². The number of hydrogen-bond acceptors (Lipinski definition) is 7. The molecule has 4 rings (SSSR count). The molecule has 174 valence electrons. The number of benzene rings is 2. The molecule has 0 spiro atoms. The molecule has 10 nitrogen and oxygen atoms in total. The maximum absolute atomic E-state index is 12.8. The predicted octanol–water partition coefficient (Wildman–Crippen LogP) is 3.67. The summed E-state index contributed by atoms with van der Waals surface area (Å²) in [6.07, 6.45) is 5.30. The first-order chi connectivity index (χ1) is 15.8. The summed E-state index contributed by atoms with van der Waals surface area (Å²) in [4.78, 5) is 27.9. The summed E-state index contributed by atoms with van der Waals surface area (Å²) >= 11 is 0. The summed E-state index contributed by atoms with van der Waals surface area (Å²) in [6.45, 7) is 0.592. The average molecular weight is 472 g/mol. The topological polar surface area (TPSA) is 143 Å². The van der Waals surface area contributed by atoms with Gasteiger partial charge in [-0.15, -0.1) is 0 Å². The number of carbonyl (C=O) groups excluding carboxylic acids is 1. The summed E-state index contributed by atoms with van der Waals surface area (Å²) in [6, 6.07) is 10.3. The van der Waals surface area contributed by atoms with E-state index >= 15 is 0 Å². The molecule has 0 unspecified atom stereocenters. The number of nitrogens with zero attached hydrogens (tertiary/aromatic N) is 2. The average Bonchev–Trinajstić information content (AvgIpc) is 3.62. The van der Waals surface area contributed by atoms with E-state index in [2.05, 4.69) is 20.3 Å². The lowest BCUT2D eigenvalue weighted by molar-refractivity contribution is -0.384. The molecule has 0 radical (unpaired) electrons. The monoisotopic (exact) mass is 471 g/mol. The summed E-state index contributed by atoms with van der Waals surface area (Å²) in [5.41, 5.74) is 0.551.